The third-order valence-electron chi connectivity index (χ3n) is 3.96. The molecule has 1 N–H and O–H groups in total. The van der Waals surface area contributed by atoms with E-state index in [1.165, 1.54) is 23.1 Å². The molecule has 150 valence electrons. The summed E-state index contributed by atoms with van der Waals surface area (Å²) in [5.74, 6) is 1.82. The van der Waals surface area contributed by atoms with E-state index in [1.54, 1.807) is 24.3 Å². The third-order valence-corrected chi connectivity index (χ3v) is 6.17. The van der Waals surface area contributed by atoms with Crippen LogP contribution >= 0.6 is 34.7 Å². The van der Waals surface area contributed by atoms with E-state index in [2.05, 4.69) is 15.5 Å². The van der Waals surface area contributed by atoms with Crippen LogP contribution in [0.25, 0.3) is 0 Å². The number of nitrogens with zero attached hydrogens (tertiary/aromatic N) is 2. The third kappa shape index (κ3) is 5.60. The van der Waals surface area contributed by atoms with Gasteiger partial charge in [0.05, 0.1) is 5.75 Å². The average Bonchev–Trinajstić information content (AvgIpc) is 3.21. The zero-order valence-corrected chi connectivity index (χ0v) is 18.0. The SMILES string of the molecule is O=C(CSc1nnc(Nc2ccc(Oc3ccccc3)cc2)s1)c1cccc(Cl)c1. The fourth-order valence-electron chi connectivity index (χ4n) is 2.55. The predicted molar refractivity (Wildman–Crippen MR) is 123 cm³/mol. The summed E-state index contributed by atoms with van der Waals surface area (Å²) in [4.78, 5) is 12.3. The lowest BCUT2D eigenvalue weighted by Crippen LogP contribution is -2.01. The molecule has 0 atom stereocenters. The number of ketones is 1. The molecule has 0 radical (unpaired) electrons. The maximum Gasteiger partial charge on any atom is 0.210 e. The van der Waals surface area contributed by atoms with Gasteiger partial charge < -0.3 is 10.1 Å². The Labute approximate surface area is 187 Å². The number of nitrogens with one attached hydrogen (secondary N) is 1. The van der Waals surface area contributed by atoms with Gasteiger partial charge in [0.25, 0.3) is 0 Å². The van der Waals surface area contributed by atoms with Crippen LogP contribution in [0, 0.1) is 0 Å². The molecule has 0 unspecified atom stereocenters. The number of Topliss-reactive ketones (excluding diaryl/α,β-unsaturated/α-hetero) is 1. The molecule has 0 spiro atoms. The van der Waals surface area contributed by atoms with Gasteiger partial charge in [-0.25, -0.2) is 0 Å². The zero-order chi connectivity index (χ0) is 20.8. The molecule has 0 saturated heterocycles. The van der Waals surface area contributed by atoms with E-state index in [-0.39, 0.29) is 11.5 Å². The lowest BCUT2D eigenvalue weighted by Gasteiger charge is -2.06. The summed E-state index contributed by atoms with van der Waals surface area (Å²) in [6, 6.07) is 24.1. The minimum absolute atomic E-state index is 0.00112. The second-order valence-corrected chi connectivity index (χ2v) is 8.80. The van der Waals surface area contributed by atoms with Crippen LogP contribution in [-0.4, -0.2) is 21.7 Å². The number of carbonyl (C=O) groups is 1. The van der Waals surface area contributed by atoms with Gasteiger partial charge in [-0.2, -0.15) is 0 Å². The van der Waals surface area contributed by atoms with Crippen LogP contribution in [0.2, 0.25) is 5.02 Å². The number of hydrogen-bond acceptors (Lipinski definition) is 7. The first-order valence-electron chi connectivity index (χ1n) is 9.01. The van der Waals surface area contributed by atoms with Crippen LogP contribution in [-0.2, 0) is 0 Å². The molecule has 1 aromatic heterocycles. The van der Waals surface area contributed by atoms with E-state index in [4.69, 9.17) is 16.3 Å². The van der Waals surface area contributed by atoms with E-state index in [0.717, 1.165) is 21.5 Å². The maximum atomic E-state index is 12.3. The van der Waals surface area contributed by atoms with Gasteiger partial charge in [-0.05, 0) is 48.5 Å². The molecule has 8 heteroatoms. The monoisotopic (exact) mass is 453 g/mol. The Bertz CT molecular complexity index is 1130. The molecule has 1 heterocycles. The van der Waals surface area contributed by atoms with Crippen molar-refractivity contribution in [3.8, 4) is 11.5 Å². The number of ether oxygens (including phenoxy) is 1. The smallest absolute Gasteiger partial charge is 0.210 e. The van der Waals surface area contributed by atoms with Gasteiger partial charge in [0.2, 0.25) is 5.13 Å². The molecular weight excluding hydrogens is 438 g/mol. The van der Waals surface area contributed by atoms with Crippen LogP contribution in [0.15, 0.2) is 83.2 Å². The quantitative estimate of drug-likeness (QED) is 0.236. The molecule has 0 fully saturated rings. The number of para-hydroxylation sites is 1. The van der Waals surface area contributed by atoms with Gasteiger partial charge in [-0.3, -0.25) is 4.79 Å². The Morgan fingerprint density at radius 3 is 2.50 bits per heavy atom. The fraction of sp³-hybridized carbons (Fsp3) is 0.0455. The molecule has 4 rings (SSSR count). The topological polar surface area (TPSA) is 64.1 Å². The number of rotatable bonds is 8. The second kappa shape index (κ2) is 9.75. The zero-order valence-electron chi connectivity index (χ0n) is 15.6. The highest BCUT2D eigenvalue weighted by atomic mass is 35.5. The van der Waals surface area contributed by atoms with Gasteiger partial charge in [-0.1, -0.05) is 65.0 Å². The highest BCUT2D eigenvalue weighted by Crippen LogP contribution is 2.29. The summed E-state index contributed by atoms with van der Waals surface area (Å²) >= 11 is 8.69. The van der Waals surface area contributed by atoms with E-state index in [9.17, 15) is 4.79 Å². The van der Waals surface area contributed by atoms with E-state index in [1.807, 2.05) is 54.6 Å². The largest absolute Gasteiger partial charge is 0.457 e. The van der Waals surface area contributed by atoms with Crippen molar-refractivity contribution < 1.29 is 9.53 Å². The molecule has 0 aliphatic rings. The van der Waals surface area contributed by atoms with Crippen molar-refractivity contribution >= 4 is 51.3 Å². The molecule has 0 bridgehead atoms. The Balaban J connectivity index is 1.31. The van der Waals surface area contributed by atoms with Crippen molar-refractivity contribution in [1.82, 2.24) is 10.2 Å². The number of halogens is 1. The van der Waals surface area contributed by atoms with Gasteiger partial charge in [0.15, 0.2) is 10.1 Å². The van der Waals surface area contributed by atoms with Crippen molar-refractivity contribution in [3.05, 3.63) is 89.4 Å². The minimum atomic E-state index is 0.00112. The lowest BCUT2D eigenvalue weighted by molar-refractivity contribution is 0.102. The molecule has 30 heavy (non-hydrogen) atoms. The van der Waals surface area contributed by atoms with Gasteiger partial charge in [-0.15, -0.1) is 10.2 Å². The maximum absolute atomic E-state index is 12.3. The molecule has 0 aliphatic carbocycles. The van der Waals surface area contributed by atoms with E-state index < -0.39 is 0 Å². The van der Waals surface area contributed by atoms with Gasteiger partial charge in [0.1, 0.15) is 11.5 Å². The second-order valence-electron chi connectivity index (χ2n) is 6.16. The number of benzene rings is 3. The molecule has 5 nitrogen and oxygen atoms in total. The Hall–Kier alpha value is -2.87. The van der Waals surface area contributed by atoms with Crippen LogP contribution < -0.4 is 10.1 Å². The van der Waals surface area contributed by atoms with Crippen molar-refractivity contribution in [3.63, 3.8) is 0 Å². The molecule has 0 amide bonds. The number of aromatic nitrogens is 2. The highest BCUT2D eigenvalue weighted by molar-refractivity contribution is 8.01. The first-order valence-corrected chi connectivity index (χ1v) is 11.2. The molecule has 3 aromatic carbocycles. The standard InChI is InChI=1S/C22H16ClN3O2S2/c23-16-6-4-5-15(13-16)20(27)14-29-22-26-25-21(30-22)24-17-9-11-19(12-10-17)28-18-7-2-1-3-8-18/h1-13H,14H2,(H,24,25). The van der Waals surface area contributed by atoms with Gasteiger partial charge >= 0.3 is 0 Å². The normalized spacial score (nSPS) is 10.6. The van der Waals surface area contributed by atoms with Crippen molar-refractivity contribution in [2.24, 2.45) is 0 Å². The predicted octanol–water partition coefficient (Wildman–Crippen LogP) is 6.70. The van der Waals surface area contributed by atoms with Crippen LogP contribution in [0.1, 0.15) is 10.4 Å². The lowest BCUT2D eigenvalue weighted by atomic mass is 10.1. The first kappa shape index (κ1) is 20.4. The average molecular weight is 454 g/mol. The van der Waals surface area contributed by atoms with Crippen LogP contribution in [0.4, 0.5) is 10.8 Å². The van der Waals surface area contributed by atoms with Crippen molar-refractivity contribution in [1.29, 1.82) is 0 Å². The Morgan fingerprint density at radius 2 is 1.73 bits per heavy atom. The summed E-state index contributed by atoms with van der Waals surface area (Å²) in [7, 11) is 0. The molecule has 4 aromatic rings. The van der Waals surface area contributed by atoms with Crippen LogP contribution in [0.3, 0.4) is 0 Å². The van der Waals surface area contributed by atoms with Crippen molar-refractivity contribution in [2.75, 3.05) is 11.1 Å². The summed E-state index contributed by atoms with van der Waals surface area (Å²) in [5.41, 5.74) is 1.47. The van der Waals surface area contributed by atoms with Crippen LogP contribution in [0.5, 0.6) is 11.5 Å². The summed E-state index contributed by atoms with van der Waals surface area (Å²) in [5, 5.41) is 12.7. The summed E-state index contributed by atoms with van der Waals surface area (Å²) in [6.45, 7) is 0. The van der Waals surface area contributed by atoms with Gasteiger partial charge in [0, 0.05) is 16.3 Å². The Morgan fingerprint density at radius 1 is 0.967 bits per heavy atom. The highest BCUT2D eigenvalue weighted by Gasteiger charge is 2.11. The molecule has 0 saturated carbocycles. The van der Waals surface area contributed by atoms with E-state index >= 15 is 0 Å². The fourth-order valence-corrected chi connectivity index (χ4v) is 4.40. The number of anilines is 2. The summed E-state index contributed by atoms with van der Waals surface area (Å²) in [6.07, 6.45) is 0. The molecule has 0 aliphatic heterocycles. The van der Waals surface area contributed by atoms with Crippen molar-refractivity contribution in [2.45, 2.75) is 4.34 Å². The number of hydrogen-bond donors (Lipinski definition) is 1. The number of carbonyl (C=O) groups excluding carboxylic acids is 1. The summed E-state index contributed by atoms with van der Waals surface area (Å²) < 4.78 is 6.51. The first-order chi connectivity index (χ1) is 14.7. The minimum Gasteiger partial charge on any atom is -0.457 e. The number of thioether (sulfide) groups is 1. The Kier molecular flexibility index (Phi) is 6.63. The molecular formula is C22H16ClN3O2S2. The van der Waals surface area contributed by atoms with E-state index in [0.29, 0.717) is 15.7 Å².